The minimum absolute atomic E-state index is 0.312. The van der Waals surface area contributed by atoms with Crippen LogP contribution in [0.25, 0.3) is 0 Å². The maximum atomic E-state index is 12.4. The minimum atomic E-state index is 0.312. The Balaban J connectivity index is 1.64. The van der Waals surface area contributed by atoms with E-state index in [-0.39, 0.29) is 0 Å². The first-order valence-corrected chi connectivity index (χ1v) is 8.26. The van der Waals surface area contributed by atoms with Crippen LogP contribution in [0.1, 0.15) is 31.4 Å². The van der Waals surface area contributed by atoms with Crippen molar-refractivity contribution in [1.29, 1.82) is 0 Å². The lowest BCUT2D eigenvalue weighted by Crippen LogP contribution is -2.52. The number of imidazole rings is 1. The van der Waals surface area contributed by atoms with Crippen LogP contribution in [-0.2, 0) is 16.1 Å². The molecule has 0 spiro atoms. The summed E-state index contributed by atoms with van der Waals surface area (Å²) in [5, 5.41) is 0. The van der Waals surface area contributed by atoms with Crippen molar-refractivity contribution in [3.05, 3.63) is 18.2 Å². The summed E-state index contributed by atoms with van der Waals surface area (Å²) in [4.78, 5) is 24.2. The predicted octanol–water partition coefficient (Wildman–Crippen LogP) is 1.26. The third-order valence-corrected chi connectivity index (χ3v) is 4.95. The van der Waals surface area contributed by atoms with Gasteiger partial charge in [0.25, 0.3) is 0 Å². The van der Waals surface area contributed by atoms with Gasteiger partial charge in [0.1, 0.15) is 0 Å². The molecule has 2 saturated heterocycles. The second-order valence-corrected chi connectivity index (χ2v) is 6.40. The monoisotopic (exact) mass is 306 g/mol. The number of amides is 1. The number of hydrogen-bond acceptors (Lipinski definition) is 4. The molecule has 1 N–H and O–H groups in total. The Hall–Kier alpha value is -1.40. The summed E-state index contributed by atoms with van der Waals surface area (Å²) in [5.41, 5.74) is 1.17. The first kappa shape index (κ1) is 15.5. The summed E-state index contributed by atoms with van der Waals surface area (Å²) in [5.74, 6) is 0.895. The normalized spacial score (nSPS) is 26.8. The number of ether oxygens (including phenoxy) is 1. The van der Waals surface area contributed by atoms with Gasteiger partial charge in [-0.1, -0.05) is 0 Å². The lowest BCUT2D eigenvalue weighted by molar-refractivity contribution is -0.135. The van der Waals surface area contributed by atoms with E-state index in [4.69, 9.17) is 4.74 Å². The van der Waals surface area contributed by atoms with Gasteiger partial charge in [-0.3, -0.25) is 9.69 Å². The molecule has 6 nitrogen and oxygen atoms in total. The average Bonchev–Trinajstić information content (AvgIpc) is 2.96. The van der Waals surface area contributed by atoms with Crippen molar-refractivity contribution in [3.63, 3.8) is 0 Å². The van der Waals surface area contributed by atoms with Crippen molar-refractivity contribution in [2.24, 2.45) is 5.92 Å². The van der Waals surface area contributed by atoms with Crippen molar-refractivity contribution in [2.45, 2.75) is 38.3 Å². The Morgan fingerprint density at radius 1 is 1.45 bits per heavy atom. The third-order valence-electron chi connectivity index (χ3n) is 4.95. The third kappa shape index (κ3) is 3.50. The van der Waals surface area contributed by atoms with Gasteiger partial charge in [-0.05, 0) is 25.2 Å². The number of fused-ring (bicyclic) bond motifs is 1. The fourth-order valence-corrected chi connectivity index (χ4v) is 3.87. The number of carbonyl (C=O) groups is 1. The number of nitrogens with one attached hydrogen (secondary N) is 1. The second-order valence-electron chi connectivity index (χ2n) is 6.40. The summed E-state index contributed by atoms with van der Waals surface area (Å²) in [6, 6.07) is 0.392. The van der Waals surface area contributed by atoms with E-state index >= 15 is 0 Å². The lowest BCUT2D eigenvalue weighted by atomic mass is 9.88. The molecule has 122 valence electrons. The van der Waals surface area contributed by atoms with Crippen LogP contribution in [0.2, 0.25) is 0 Å². The van der Waals surface area contributed by atoms with Gasteiger partial charge in [0.15, 0.2) is 0 Å². The zero-order valence-electron chi connectivity index (χ0n) is 13.3. The molecule has 0 bridgehead atoms. The van der Waals surface area contributed by atoms with Gasteiger partial charge in [-0.25, -0.2) is 4.98 Å². The summed E-state index contributed by atoms with van der Waals surface area (Å²) in [7, 11) is 1.70. The van der Waals surface area contributed by atoms with E-state index in [2.05, 4.69) is 19.8 Å². The number of H-pyrrole nitrogens is 1. The minimum Gasteiger partial charge on any atom is -0.383 e. The van der Waals surface area contributed by atoms with Gasteiger partial charge in [0.05, 0.1) is 12.9 Å². The van der Waals surface area contributed by atoms with Crippen LogP contribution in [0, 0.1) is 5.92 Å². The van der Waals surface area contributed by atoms with E-state index in [9.17, 15) is 4.79 Å². The SMILES string of the molecule is COCCN1C(=O)CCC[C@H]2CN(Cc3cnc[nH]3)CC[C@H]21. The number of nitrogens with zero attached hydrogens (tertiary/aromatic N) is 3. The van der Waals surface area contributed by atoms with Gasteiger partial charge < -0.3 is 14.6 Å². The number of likely N-dealkylation sites (tertiary alicyclic amines) is 2. The van der Waals surface area contributed by atoms with Crippen LogP contribution < -0.4 is 0 Å². The number of hydrogen-bond donors (Lipinski definition) is 1. The molecule has 22 heavy (non-hydrogen) atoms. The van der Waals surface area contributed by atoms with Crippen molar-refractivity contribution < 1.29 is 9.53 Å². The average molecular weight is 306 g/mol. The predicted molar refractivity (Wildman–Crippen MR) is 83.2 cm³/mol. The fourth-order valence-electron chi connectivity index (χ4n) is 3.87. The van der Waals surface area contributed by atoms with Gasteiger partial charge in [-0.15, -0.1) is 0 Å². The van der Waals surface area contributed by atoms with Gasteiger partial charge in [-0.2, -0.15) is 0 Å². The molecule has 0 unspecified atom stereocenters. The van der Waals surface area contributed by atoms with Crippen LogP contribution in [0.15, 0.2) is 12.5 Å². The van der Waals surface area contributed by atoms with Crippen molar-refractivity contribution in [2.75, 3.05) is 33.4 Å². The van der Waals surface area contributed by atoms with Crippen molar-refractivity contribution >= 4 is 5.91 Å². The quantitative estimate of drug-likeness (QED) is 0.889. The molecule has 3 rings (SSSR count). The Labute approximate surface area is 131 Å². The number of rotatable bonds is 5. The Bertz CT molecular complexity index is 477. The number of methoxy groups -OCH3 is 1. The van der Waals surface area contributed by atoms with E-state index < -0.39 is 0 Å². The first-order valence-electron chi connectivity index (χ1n) is 8.26. The van der Waals surface area contributed by atoms with Crippen LogP contribution >= 0.6 is 0 Å². The summed E-state index contributed by atoms with van der Waals surface area (Å²) in [6.45, 7) is 4.40. The highest BCUT2D eigenvalue weighted by Gasteiger charge is 2.37. The molecule has 2 aliphatic heterocycles. The molecule has 3 heterocycles. The summed E-state index contributed by atoms with van der Waals surface area (Å²) >= 11 is 0. The standard InChI is InChI=1S/C16H26N4O2/c1-22-8-7-20-15-5-6-19(11-14-9-17-12-18-14)10-13(15)3-2-4-16(20)21/h9,12-13,15H,2-8,10-11H2,1H3,(H,17,18)/t13-,15+/m0/s1. The highest BCUT2D eigenvalue weighted by atomic mass is 16.5. The molecule has 2 fully saturated rings. The van der Waals surface area contributed by atoms with E-state index in [1.807, 2.05) is 6.20 Å². The van der Waals surface area contributed by atoms with E-state index in [0.29, 0.717) is 30.9 Å². The van der Waals surface area contributed by atoms with E-state index in [1.165, 1.54) is 5.69 Å². The molecule has 2 aliphatic rings. The molecule has 0 aliphatic carbocycles. The smallest absolute Gasteiger partial charge is 0.222 e. The maximum absolute atomic E-state index is 12.4. The van der Waals surface area contributed by atoms with Crippen LogP contribution in [0.4, 0.5) is 0 Å². The molecular formula is C16H26N4O2. The zero-order valence-corrected chi connectivity index (χ0v) is 13.3. The highest BCUT2D eigenvalue weighted by Crippen LogP contribution is 2.30. The van der Waals surface area contributed by atoms with E-state index in [1.54, 1.807) is 13.4 Å². The molecule has 1 aromatic heterocycles. The van der Waals surface area contributed by atoms with E-state index in [0.717, 1.165) is 45.4 Å². The number of aromatic amines is 1. The zero-order chi connectivity index (χ0) is 15.4. The number of piperidine rings is 1. The van der Waals surface area contributed by atoms with Crippen LogP contribution in [-0.4, -0.2) is 65.1 Å². The van der Waals surface area contributed by atoms with Gasteiger partial charge >= 0.3 is 0 Å². The second kappa shape index (κ2) is 7.24. The molecule has 0 radical (unpaired) electrons. The fraction of sp³-hybridized carbons (Fsp3) is 0.750. The Morgan fingerprint density at radius 2 is 2.36 bits per heavy atom. The van der Waals surface area contributed by atoms with Crippen molar-refractivity contribution in [3.8, 4) is 0 Å². The number of aromatic nitrogens is 2. The van der Waals surface area contributed by atoms with Gasteiger partial charge in [0, 0.05) is 57.6 Å². The highest BCUT2D eigenvalue weighted by molar-refractivity contribution is 5.76. The molecular weight excluding hydrogens is 280 g/mol. The lowest BCUT2D eigenvalue weighted by Gasteiger charge is -2.42. The number of carbonyl (C=O) groups excluding carboxylic acids is 1. The maximum Gasteiger partial charge on any atom is 0.222 e. The van der Waals surface area contributed by atoms with Crippen molar-refractivity contribution in [1.82, 2.24) is 19.8 Å². The molecule has 1 aromatic rings. The largest absolute Gasteiger partial charge is 0.383 e. The van der Waals surface area contributed by atoms with Gasteiger partial charge in [0.2, 0.25) is 5.91 Å². The Morgan fingerprint density at radius 3 is 3.14 bits per heavy atom. The molecule has 2 atom stereocenters. The molecule has 0 aromatic carbocycles. The van der Waals surface area contributed by atoms with Crippen LogP contribution in [0.5, 0.6) is 0 Å². The molecule has 0 saturated carbocycles. The summed E-state index contributed by atoms with van der Waals surface area (Å²) in [6.07, 6.45) is 7.55. The Kier molecular flexibility index (Phi) is 5.10. The topological polar surface area (TPSA) is 61.5 Å². The first-order chi connectivity index (χ1) is 10.8. The molecule has 1 amide bonds. The van der Waals surface area contributed by atoms with Crippen LogP contribution in [0.3, 0.4) is 0 Å². The summed E-state index contributed by atoms with van der Waals surface area (Å²) < 4.78 is 5.19. The molecule has 6 heteroatoms.